The Bertz CT molecular complexity index is 1870. The van der Waals surface area contributed by atoms with E-state index in [0.717, 1.165) is 4.85 Å². The summed E-state index contributed by atoms with van der Waals surface area (Å²) in [6.07, 6.45) is 0. The molecule has 3 aromatic carbocycles. The zero-order chi connectivity index (χ0) is 35.0. The largest absolute Gasteiger partial charge is 0.368 e. The standard InChI is InChI=1S/C33H35N9O6/c1-18(2)28(33(47)39-29(32(46)37-17-26(36)43)27(30(44)19(3)35)20-9-5-4-6-10-20)38-31(45)21-13-14-25(22(15-21)16-34)48-42-24-12-8-7-11-23(24)40-41-42/h4-15,18-19,27-29H,17,35H2,1-3H3,(H2,36,43)(H,37,46)(H,38,45)(H,39,47). The molecule has 0 saturated heterocycles. The number of nitrogens with zero attached hydrogens (tertiary/aromatic N) is 4. The number of nitrogens with two attached hydrogens (primary N) is 2. The summed E-state index contributed by atoms with van der Waals surface area (Å²) in [4.78, 5) is 72.3. The van der Waals surface area contributed by atoms with Crippen LogP contribution < -0.4 is 32.3 Å². The molecule has 48 heavy (non-hydrogen) atoms. The summed E-state index contributed by atoms with van der Waals surface area (Å²) in [5, 5.41) is 25.4. The van der Waals surface area contributed by atoms with Gasteiger partial charge in [0.1, 0.15) is 29.2 Å². The smallest absolute Gasteiger partial charge is 0.251 e. The summed E-state index contributed by atoms with van der Waals surface area (Å²) in [5.74, 6) is -5.34. The fourth-order valence-electron chi connectivity index (χ4n) is 4.90. The number of ketones is 1. The van der Waals surface area contributed by atoms with Gasteiger partial charge >= 0.3 is 0 Å². The predicted molar refractivity (Wildman–Crippen MR) is 173 cm³/mol. The summed E-state index contributed by atoms with van der Waals surface area (Å²) in [6, 6.07) is 17.7. The van der Waals surface area contributed by atoms with Crippen LogP contribution in [-0.4, -0.2) is 69.2 Å². The molecule has 0 aliphatic heterocycles. The number of nitriles is 1. The van der Waals surface area contributed by atoms with Crippen LogP contribution in [0.3, 0.4) is 0 Å². The van der Waals surface area contributed by atoms with Crippen LogP contribution in [0.5, 0.6) is 5.75 Å². The Hall–Kier alpha value is -6.14. The third-order valence-corrected chi connectivity index (χ3v) is 7.37. The maximum atomic E-state index is 13.8. The number of hydrogen-bond acceptors (Lipinski definition) is 10. The van der Waals surface area contributed by atoms with Gasteiger partial charge in [-0.15, -0.1) is 5.10 Å². The van der Waals surface area contributed by atoms with Crippen LogP contribution in [0.1, 0.15) is 48.2 Å². The number of para-hydroxylation sites is 1. The van der Waals surface area contributed by atoms with Crippen LogP contribution in [0.2, 0.25) is 0 Å². The second-order valence-electron chi connectivity index (χ2n) is 11.3. The number of hydrogen-bond donors (Lipinski definition) is 5. The van der Waals surface area contributed by atoms with Gasteiger partial charge in [0.2, 0.25) is 17.7 Å². The van der Waals surface area contributed by atoms with Crippen LogP contribution in [-0.2, 0) is 19.2 Å². The maximum Gasteiger partial charge on any atom is 0.251 e. The lowest BCUT2D eigenvalue weighted by atomic mass is 9.84. The van der Waals surface area contributed by atoms with Gasteiger partial charge in [0.05, 0.1) is 24.1 Å². The second-order valence-corrected chi connectivity index (χ2v) is 11.3. The van der Waals surface area contributed by atoms with E-state index in [2.05, 4.69) is 26.3 Å². The number of nitrogens with one attached hydrogen (secondary N) is 3. The molecule has 4 amide bonds. The van der Waals surface area contributed by atoms with Crippen molar-refractivity contribution in [2.75, 3.05) is 6.54 Å². The van der Waals surface area contributed by atoms with Crippen molar-refractivity contribution in [3.05, 3.63) is 89.5 Å². The number of fused-ring (bicyclic) bond motifs is 1. The molecule has 4 aromatic rings. The highest BCUT2D eigenvalue weighted by Crippen LogP contribution is 2.24. The SMILES string of the molecule is CC(N)C(=O)C(c1ccccc1)C(NC(=O)C(NC(=O)c1ccc(On2nnc3ccccc32)c(C#N)c1)C(C)C)C(=O)NCC(N)=O. The molecular formula is C33H35N9O6. The number of benzene rings is 3. The van der Waals surface area contributed by atoms with E-state index in [0.29, 0.717) is 16.6 Å². The third-order valence-electron chi connectivity index (χ3n) is 7.37. The van der Waals surface area contributed by atoms with Gasteiger partial charge in [-0.1, -0.05) is 61.2 Å². The highest BCUT2D eigenvalue weighted by molar-refractivity contribution is 6.02. The molecule has 0 aliphatic carbocycles. The number of Topliss-reactive ketones (excluding diaryl/α,β-unsaturated/α-hetero) is 1. The average Bonchev–Trinajstić information content (AvgIpc) is 3.48. The number of carbonyl (C=O) groups excluding carboxylic acids is 5. The quantitative estimate of drug-likeness (QED) is 0.128. The van der Waals surface area contributed by atoms with Crippen LogP contribution in [0.25, 0.3) is 11.0 Å². The normalized spacial score (nSPS) is 13.4. The summed E-state index contributed by atoms with van der Waals surface area (Å²) in [6.45, 7) is 4.26. The van der Waals surface area contributed by atoms with E-state index in [9.17, 15) is 29.2 Å². The van der Waals surface area contributed by atoms with E-state index < -0.39 is 65.9 Å². The van der Waals surface area contributed by atoms with Crippen LogP contribution in [0.4, 0.5) is 0 Å². The molecule has 0 aliphatic rings. The first-order valence-corrected chi connectivity index (χ1v) is 15.0. The molecule has 248 valence electrons. The molecule has 4 unspecified atom stereocenters. The predicted octanol–water partition coefficient (Wildman–Crippen LogP) is 0.686. The van der Waals surface area contributed by atoms with Crippen molar-refractivity contribution in [3.63, 3.8) is 0 Å². The lowest BCUT2D eigenvalue weighted by Gasteiger charge is -2.30. The molecule has 0 bridgehead atoms. The first-order valence-electron chi connectivity index (χ1n) is 15.0. The highest BCUT2D eigenvalue weighted by atomic mass is 16.7. The fraction of sp³-hybridized carbons (Fsp3) is 0.273. The number of carbonyl (C=O) groups is 5. The third kappa shape index (κ3) is 8.17. The minimum absolute atomic E-state index is 0.0130. The van der Waals surface area contributed by atoms with Crippen molar-refractivity contribution in [1.29, 1.82) is 5.26 Å². The van der Waals surface area contributed by atoms with Crippen molar-refractivity contribution in [2.24, 2.45) is 17.4 Å². The summed E-state index contributed by atoms with van der Waals surface area (Å²) in [5.41, 5.74) is 12.7. The molecule has 0 radical (unpaired) electrons. The Labute approximate surface area is 275 Å². The van der Waals surface area contributed by atoms with Crippen molar-refractivity contribution < 1.29 is 28.8 Å². The molecular weight excluding hydrogens is 618 g/mol. The number of aromatic nitrogens is 3. The van der Waals surface area contributed by atoms with E-state index in [4.69, 9.17) is 16.3 Å². The summed E-state index contributed by atoms with van der Waals surface area (Å²) < 4.78 is 0. The minimum Gasteiger partial charge on any atom is -0.368 e. The molecule has 4 atom stereocenters. The van der Waals surface area contributed by atoms with E-state index in [-0.39, 0.29) is 16.9 Å². The lowest BCUT2D eigenvalue weighted by molar-refractivity contribution is -0.134. The molecule has 4 rings (SSSR count). The molecule has 1 heterocycles. The monoisotopic (exact) mass is 653 g/mol. The van der Waals surface area contributed by atoms with Gasteiger partial charge in [-0.25, -0.2) is 0 Å². The zero-order valence-corrected chi connectivity index (χ0v) is 26.4. The maximum absolute atomic E-state index is 13.8. The van der Waals surface area contributed by atoms with Crippen LogP contribution >= 0.6 is 0 Å². The van der Waals surface area contributed by atoms with Crippen LogP contribution in [0, 0.1) is 17.2 Å². The van der Waals surface area contributed by atoms with E-state index in [1.54, 1.807) is 68.4 Å². The molecule has 15 nitrogen and oxygen atoms in total. The van der Waals surface area contributed by atoms with Gasteiger partial charge in [0.25, 0.3) is 5.91 Å². The lowest BCUT2D eigenvalue weighted by Crippen LogP contribution is -2.59. The number of primary amides is 1. The van der Waals surface area contributed by atoms with Crippen molar-refractivity contribution >= 4 is 40.4 Å². The summed E-state index contributed by atoms with van der Waals surface area (Å²) >= 11 is 0. The first-order chi connectivity index (χ1) is 22.9. The highest BCUT2D eigenvalue weighted by Gasteiger charge is 2.39. The Kier molecular flexibility index (Phi) is 11.2. The summed E-state index contributed by atoms with van der Waals surface area (Å²) in [7, 11) is 0. The van der Waals surface area contributed by atoms with Gasteiger partial charge in [-0.05, 0) is 54.0 Å². The molecule has 0 saturated carbocycles. The van der Waals surface area contributed by atoms with E-state index in [1.165, 1.54) is 25.1 Å². The first kappa shape index (κ1) is 34.7. The second kappa shape index (κ2) is 15.4. The number of rotatable bonds is 14. The zero-order valence-electron chi connectivity index (χ0n) is 26.4. The van der Waals surface area contributed by atoms with Gasteiger partial charge in [0.15, 0.2) is 11.5 Å². The molecule has 0 fully saturated rings. The Morgan fingerprint density at radius 3 is 2.25 bits per heavy atom. The van der Waals surface area contributed by atoms with Crippen LogP contribution in [0.15, 0.2) is 72.8 Å². The van der Waals surface area contributed by atoms with Crippen molar-refractivity contribution in [2.45, 2.75) is 44.8 Å². The Balaban J connectivity index is 1.59. The Morgan fingerprint density at radius 1 is 0.917 bits per heavy atom. The fourth-order valence-corrected chi connectivity index (χ4v) is 4.90. The van der Waals surface area contributed by atoms with Gasteiger partial charge in [-0.2, -0.15) is 5.26 Å². The number of amides is 4. The van der Waals surface area contributed by atoms with Gasteiger partial charge in [-0.3, -0.25) is 24.0 Å². The van der Waals surface area contributed by atoms with Crippen molar-refractivity contribution in [3.8, 4) is 11.8 Å². The van der Waals surface area contributed by atoms with Crippen molar-refractivity contribution in [1.82, 2.24) is 31.1 Å². The van der Waals surface area contributed by atoms with Gasteiger partial charge < -0.3 is 32.3 Å². The topological polar surface area (TPSA) is 237 Å². The minimum atomic E-state index is -1.52. The van der Waals surface area contributed by atoms with E-state index in [1.807, 2.05) is 6.07 Å². The molecule has 7 N–H and O–H groups in total. The van der Waals surface area contributed by atoms with Gasteiger partial charge in [0, 0.05) is 5.56 Å². The molecule has 1 aromatic heterocycles. The molecule has 0 spiro atoms. The Morgan fingerprint density at radius 2 is 1.60 bits per heavy atom. The van der Waals surface area contributed by atoms with E-state index >= 15 is 0 Å². The average molecular weight is 654 g/mol. The molecule has 15 heteroatoms.